The van der Waals surface area contributed by atoms with E-state index >= 15 is 0 Å². The molecular weight excluding hydrogens is 224 g/mol. The fourth-order valence-corrected chi connectivity index (χ4v) is 1.60. The van der Waals surface area contributed by atoms with Crippen molar-refractivity contribution in [2.24, 2.45) is 5.92 Å². The number of hydrogen-bond donors (Lipinski definition) is 2. The molecule has 0 aromatic rings. The second-order valence-electron chi connectivity index (χ2n) is 4.16. The summed E-state index contributed by atoms with van der Waals surface area (Å²) in [6.07, 6.45) is 0.369. The van der Waals surface area contributed by atoms with E-state index in [2.05, 4.69) is 15.4 Å². The van der Waals surface area contributed by atoms with Gasteiger partial charge in [-0.1, -0.05) is 6.92 Å². The van der Waals surface area contributed by atoms with Gasteiger partial charge in [0.2, 0.25) is 5.91 Å². The van der Waals surface area contributed by atoms with Gasteiger partial charge >= 0.3 is 5.97 Å². The standard InChI is InChI=1S/C11H20N2O4/c1-8(11(15)16-2)6-13-10(14)5-9-7-17-4-3-12-9/h8-9,12H,3-7H2,1-2H3,(H,13,14). The van der Waals surface area contributed by atoms with Crippen molar-refractivity contribution in [1.29, 1.82) is 0 Å². The minimum Gasteiger partial charge on any atom is -0.469 e. The summed E-state index contributed by atoms with van der Waals surface area (Å²) in [4.78, 5) is 22.7. The van der Waals surface area contributed by atoms with Crippen LogP contribution in [0.1, 0.15) is 13.3 Å². The number of ether oxygens (including phenoxy) is 2. The number of morpholine rings is 1. The molecule has 98 valence electrons. The molecule has 2 N–H and O–H groups in total. The Bertz CT molecular complexity index is 264. The van der Waals surface area contributed by atoms with Gasteiger partial charge in [0.25, 0.3) is 0 Å². The van der Waals surface area contributed by atoms with Crippen molar-refractivity contribution in [3.63, 3.8) is 0 Å². The van der Waals surface area contributed by atoms with Crippen LogP contribution in [0.2, 0.25) is 0 Å². The van der Waals surface area contributed by atoms with Gasteiger partial charge in [-0.15, -0.1) is 0 Å². The van der Waals surface area contributed by atoms with Crippen LogP contribution in [0.15, 0.2) is 0 Å². The molecule has 0 saturated carbocycles. The van der Waals surface area contributed by atoms with Crippen LogP contribution >= 0.6 is 0 Å². The monoisotopic (exact) mass is 244 g/mol. The lowest BCUT2D eigenvalue weighted by atomic mass is 10.1. The molecule has 1 aliphatic rings. The number of nitrogens with one attached hydrogen (secondary N) is 2. The van der Waals surface area contributed by atoms with Crippen LogP contribution in [0.3, 0.4) is 0 Å². The van der Waals surface area contributed by atoms with E-state index in [9.17, 15) is 9.59 Å². The van der Waals surface area contributed by atoms with E-state index in [1.54, 1.807) is 6.92 Å². The molecule has 0 spiro atoms. The Kier molecular flexibility index (Phi) is 5.93. The summed E-state index contributed by atoms with van der Waals surface area (Å²) in [7, 11) is 1.34. The number of esters is 1. The van der Waals surface area contributed by atoms with Crippen LogP contribution in [0, 0.1) is 5.92 Å². The normalized spacial score (nSPS) is 21.6. The van der Waals surface area contributed by atoms with Crippen molar-refractivity contribution in [1.82, 2.24) is 10.6 Å². The third-order valence-corrected chi connectivity index (χ3v) is 2.64. The number of carbonyl (C=O) groups is 2. The van der Waals surface area contributed by atoms with Crippen molar-refractivity contribution < 1.29 is 19.1 Å². The second kappa shape index (κ2) is 7.24. The Morgan fingerprint density at radius 1 is 1.59 bits per heavy atom. The Morgan fingerprint density at radius 3 is 2.94 bits per heavy atom. The molecule has 2 atom stereocenters. The number of carbonyl (C=O) groups excluding carboxylic acids is 2. The summed E-state index contributed by atoms with van der Waals surface area (Å²) < 4.78 is 9.82. The van der Waals surface area contributed by atoms with Crippen molar-refractivity contribution in [2.75, 3.05) is 33.4 Å². The van der Waals surface area contributed by atoms with Gasteiger partial charge in [0.05, 0.1) is 26.2 Å². The van der Waals surface area contributed by atoms with Crippen LogP contribution in [-0.4, -0.2) is 51.3 Å². The highest BCUT2D eigenvalue weighted by atomic mass is 16.5. The van der Waals surface area contributed by atoms with Gasteiger partial charge in [-0.25, -0.2) is 0 Å². The average Bonchev–Trinajstić information content (AvgIpc) is 2.36. The molecule has 17 heavy (non-hydrogen) atoms. The summed E-state index contributed by atoms with van der Waals surface area (Å²) in [5, 5.41) is 5.90. The van der Waals surface area contributed by atoms with Gasteiger partial charge < -0.3 is 20.1 Å². The lowest BCUT2D eigenvalue weighted by molar-refractivity contribution is -0.144. The predicted octanol–water partition coefficient (Wildman–Crippen LogP) is -0.710. The van der Waals surface area contributed by atoms with E-state index < -0.39 is 0 Å². The topological polar surface area (TPSA) is 76.7 Å². The molecule has 0 radical (unpaired) electrons. The first kappa shape index (κ1) is 13.9. The van der Waals surface area contributed by atoms with Crippen LogP contribution in [-0.2, 0) is 19.1 Å². The van der Waals surface area contributed by atoms with Crippen molar-refractivity contribution in [3.05, 3.63) is 0 Å². The largest absolute Gasteiger partial charge is 0.469 e. The summed E-state index contributed by atoms with van der Waals surface area (Å²) in [5.74, 6) is -0.715. The van der Waals surface area contributed by atoms with Gasteiger partial charge in [0.15, 0.2) is 0 Å². The van der Waals surface area contributed by atoms with E-state index in [0.29, 0.717) is 26.2 Å². The number of hydrogen-bond acceptors (Lipinski definition) is 5. The molecule has 0 aromatic heterocycles. The molecular formula is C11H20N2O4. The Morgan fingerprint density at radius 2 is 2.35 bits per heavy atom. The molecule has 0 aromatic carbocycles. The molecule has 1 fully saturated rings. The smallest absolute Gasteiger partial charge is 0.310 e. The predicted molar refractivity (Wildman–Crippen MR) is 61.4 cm³/mol. The molecule has 0 bridgehead atoms. The van der Waals surface area contributed by atoms with E-state index in [4.69, 9.17) is 4.74 Å². The van der Waals surface area contributed by atoms with Crippen LogP contribution < -0.4 is 10.6 Å². The van der Waals surface area contributed by atoms with Crippen molar-refractivity contribution >= 4 is 11.9 Å². The minimum absolute atomic E-state index is 0.0668. The maximum Gasteiger partial charge on any atom is 0.310 e. The van der Waals surface area contributed by atoms with Crippen LogP contribution in [0.4, 0.5) is 0 Å². The SMILES string of the molecule is COC(=O)C(C)CNC(=O)CC1COCCN1. The average molecular weight is 244 g/mol. The van der Waals surface area contributed by atoms with Crippen LogP contribution in [0.25, 0.3) is 0 Å². The molecule has 2 unspecified atom stereocenters. The maximum atomic E-state index is 11.6. The van der Waals surface area contributed by atoms with E-state index in [1.807, 2.05) is 0 Å². The summed E-state index contributed by atoms with van der Waals surface area (Å²) in [6.45, 7) is 4.04. The number of rotatable bonds is 5. The molecule has 0 aliphatic carbocycles. The Balaban J connectivity index is 2.18. The first-order chi connectivity index (χ1) is 8.13. The first-order valence-electron chi connectivity index (χ1n) is 5.79. The zero-order valence-corrected chi connectivity index (χ0v) is 10.3. The quantitative estimate of drug-likeness (QED) is 0.625. The summed E-state index contributed by atoms with van der Waals surface area (Å²) in [5.41, 5.74) is 0. The highest BCUT2D eigenvalue weighted by Gasteiger charge is 2.18. The third-order valence-electron chi connectivity index (χ3n) is 2.64. The molecule has 1 amide bonds. The van der Waals surface area contributed by atoms with Crippen LogP contribution in [0.5, 0.6) is 0 Å². The van der Waals surface area contributed by atoms with Gasteiger partial charge in [-0.3, -0.25) is 9.59 Å². The zero-order valence-electron chi connectivity index (χ0n) is 10.3. The Labute approximate surface area is 101 Å². The molecule has 1 rings (SSSR count). The lowest BCUT2D eigenvalue weighted by Crippen LogP contribution is -2.44. The number of methoxy groups -OCH3 is 1. The second-order valence-corrected chi connectivity index (χ2v) is 4.16. The number of amides is 1. The Hall–Kier alpha value is -1.14. The van der Waals surface area contributed by atoms with E-state index in [-0.39, 0.29) is 23.8 Å². The fraction of sp³-hybridized carbons (Fsp3) is 0.818. The third kappa shape index (κ3) is 5.14. The highest BCUT2D eigenvalue weighted by Crippen LogP contribution is 1.99. The summed E-state index contributed by atoms with van der Waals surface area (Å²) >= 11 is 0. The molecule has 1 heterocycles. The minimum atomic E-state index is -0.320. The molecule has 1 saturated heterocycles. The fourth-order valence-electron chi connectivity index (χ4n) is 1.60. The molecule has 6 nitrogen and oxygen atoms in total. The lowest BCUT2D eigenvalue weighted by Gasteiger charge is -2.23. The molecule has 6 heteroatoms. The summed E-state index contributed by atoms with van der Waals surface area (Å²) in [6, 6.07) is 0.0668. The van der Waals surface area contributed by atoms with E-state index in [0.717, 1.165) is 6.54 Å². The van der Waals surface area contributed by atoms with Gasteiger partial charge in [-0.2, -0.15) is 0 Å². The van der Waals surface area contributed by atoms with Gasteiger partial charge in [0, 0.05) is 25.6 Å². The highest BCUT2D eigenvalue weighted by molar-refractivity contribution is 5.78. The van der Waals surface area contributed by atoms with Crippen molar-refractivity contribution in [3.8, 4) is 0 Å². The van der Waals surface area contributed by atoms with Gasteiger partial charge in [-0.05, 0) is 0 Å². The zero-order chi connectivity index (χ0) is 12.7. The van der Waals surface area contributed by atoms with E-state index in [1.165, 1.54) is 7.11 Å². The molecule has 1 aliphatic heterocycles. The maximum absolute atomic E-state index is 11.6. The van der Waals surface area contributed by atoms with Crippen molar-refractivity contribution in [2.45, 2.75) is 19.4 Å². The first-order valence-corrected chi connectivity index (χ1v) is 5.79. The van der Waals surface area contributed by atoms with Gasteiger partial charge in [0.1, 0.15) is 0 Å².